The summed E-state index contributed by atoms with van der Waals surface area (Å²) < 4.78 is 4.81. The van der Waals surface area contributed by atoms with Crippen molar-refractivity contribution in [3.63, 3.8) is 0 Å². The van der Waals surface area contributed by atoms with E-state index in [-0.39, 0.29) is 12.4 Å². The van der Waals surface area contributed by atoms with Crippen molar-refractivity contribution < 1.29 is 14.6 Å². The van der Waals surface area contributed by atoms with Crippen LogP contribution in [-0.2, 0) is 9.53 Å². The molecule has 106 valence electrons. The van der Waals surface area contributed by atoms with E-state index < -0.39 is 6.10 Å². The number of thioether (sulfide) groups is 1. The van der Waals surface area contributed by atoms with E-state index in [1.54, 1.807) is 6.92 Å². The van der Waals surface area contributed by atoms with E-state index >= 15 is 0 Å². The van der Waals surface area contributed by atoms with Gasteiger partial charge in [0.2, 0.25) is 0 Å². The van der Waals surface area contributed by atoms with Crippen LogP contribution in [0.5, 0.6) is 0 Å². The number of aliphatic hydroxyl groups is 1. The Morgan fingerprint density at radius 3 is 2.94 bits per heavy atom. The van der Waals surface area contributed by atoms with Crippen LogP contribution >= 0.6 is 11.8 Å². The molecule has 0 aliphatic heterocycles. The van der Waals surface area contributed by atoms with Gasteiger partial charge in [-0.05, 0) is 25.5 Å². The highest BCUT2D eigenvalue weighted by molar-refractivity contribution is 7.99. The molecule has 0 aromatic carbocycles. The molecule has 5 heteroatoms. The Bertz CT molecular complexity index is 250. The van der Waals surface area contributed by atoms with E-state index in [1.165, 1.54) is 19.3 Å². The van der Waals surface area contributed by atoms with Crippen molar-refractivity contribution in [1.29, 1.82) is 0 Å². The maximum absolute atomic E-state index is 11.2. The van der Waals surface area contributed by atoms with Gasteiger partial charge in [0.05, 0.1) is 19.1 Å². The summed E-state index contributed by atoms with van der Waals surface area (Å²) in [4.78, 5) is 11.2. The Balaban J connectivity index is 2.20. The predicted octanol–water partition coefficient (Wildman–Crippen LogP) is 1.56. The molecule has 0 aromatic rings. The van der Waals surface area contributed by atoms with E-state index in [1.807, 2.05) is 11.8 Å². The van der Waals surface area contributed by atoms with Crippen molar-refractivity contribution in [2.75, 3.05) is 18.9 Å². The van der Waals surface area contributed by atoms with Crippen LogP contribution in [-0.4, -0.2) is 47.4 Å². The van der Waals surface area contributed by atoms with E-state index in [0.29, 0.717) is 24.4 Å². The second-order valence-corrected chi connectivity index (χ2v) is 6.12. The molecule has 0 heterocycles. The van der Waals surface area contributed by atoms with Crippen LogP contribution in [0.3, 0.4) is 0 Å². The molecule has 0 radical (unpaired) electrons. The summed E-state index contributed by atoms with van der Waals surface area (Å²) in [6.07, 6.45) is 3.12. The van der Waals surface area contributed by atoms with E-state index in [9.17, 15) is 9.90 Å². The maximum Gasteiger partial charge on any atom is 0.308 e. The predicted molar refractivity (Wildman–Crippen MR) is 74.8 cm³/mol. The quantitative estimate of drug-likeness (QED) is 0.658. The second kappa shape index (κ2) is 8.77. The average molecular weight is 275 g/mol. The van der Waals surface area contributed by atoms with Crippen LogP contribution in [0.1, 0.15) is 39.5 Å². The number of nitrogens with one attached hydrogen (secondary N) is 1. The Morgan fingerprint density at radius 2 is 2.28 bits per heavy atom. The molecule has 3 atom stereocenters. The van der Waals surface area contributed by atoms with Gasteiger partial charge in [0.1, 0.15) is 0 Å². The van der Waals surface area contributed by atoms with E-state index in [2.05, 4.69) is 12.2 Å². The van der Waals surface area contributed by atoms with Crippen LogP contribution in [0, 0.1) is 0 Å². The van der Waals surface area contributed by atoms with Crippen molar-refractivity contribution in [1.82, 2.24) is 5.32 Å². The number of hydrogen-bond acceptors (Lipinski definition) is 5. The molecule has 1 aliphatic carbocycles. The number of aliphatic hydroxyl groups excluding tert-OH is 1. The topological polar surface area (TPSA) is 58.6 Å². The number of carbonyl (C=O) groups excluding carboxylic acids is 1. The van der Waals surface area contributed by atoms with Crippen molar-refractivity contribution in [2.24, 2.45) is 0 Å². The summed E-state index contributed by atoms with van der Waals surface area (Å²) in [5, 5.41) is 13.8. The lowest BCUT2D eigenvalue weighted by atomic mass is 10.2. The SMILES string of the molecule is CCOC(=O)CC(O)CNC1CCCC1SCC. The number of ether oxygens (including phenoxy) is 1. The summed E-state index contributed by atoms with van der Waals surface area (Å²) in [6, 6.07) is 0.479. The van der Waals surface area contributed by atoms with E-state index in [0.717, 1.165) is 5.75 Å². The van der Waals surface area contributed by atoms with Crippen LogP contribution in [0.15, 0.2) is 0 Å². The third-order valence-corrected chi connectivity index (χ3v) is 4.48. The standard InChI is InChI=1S/C13H25NO3S/c1-3-17-13(16)8-10(15)9-14-11-6-5-7-12(11)18-4-2/h10-12,14-15H,3-9H2,1-2H3. The lowest BCUT2D eigenvalue weighted by molar-refractivity contribution is -0.145. The molecule has 1 rings (SSSR count). The Hall–Kier alpha value is -0.260. The molecule has 0 saturated heterocycles. The molecule has 4 nitrogen and oxygen atoms in total. The lowest BCUT2D eigenvalue weighted by Crippen LogP contribution is -2.39. The van der Waals surface area contributed by atoms with Gasteiger partial charge in [0.15, 0.2) is 0 Å². The zero-order valence-corrected chi connectivity index (χ0v) is 12.2. The Morgan fingerprint density at radius 1 is 1.50 bits per heavy atom. The fraction of sp³-hybridized carbons (Fsp3) is 0.923. The highest BCUT2D eigenvalue weighted by Gasteiger charge is 2.27. The minimum Gasteiger partial charge on any atom is -0.466 e. The minimum absolute atomic E-state index is 0.0825. The van der Waals surface area contributed by atoms with Gasteiger partial charge in [-0.15, -0.1) is 0 Å². The summed E-state index contributed by atoms with van der Waals surface area (Å²) in [5.41, 5.74) is 0. The van der Waals surface area contributed by atoms with E-state index in [4.69, 9.17) is 4.74 Å². The van der Waals surface area contributed by atoms with Crippen molar-refractivity contribution in [2.45, 2.75) is 56.9 Å². The van der Waals surface area contributed by atoms with Gasteiger partial charge in [0.25, 0.3) is 0 Å². The van der Waals surface area contributed by atoms with Crippen molar-refractivity contribution in [3.8, 4) is 0 Å². The highest BCUT2D eigenvalue weighted by Crippen LogP contribution is 2.29. The monoisotopic (exact) mass is 275 g/mol. The summed E-state index contributed by atoms with van der Waals surface area (Å²) in [6.45, 7) is 4.80. The van der Waals surface area contributed by atoms with Gasteiger partial charge in [-0.2, -0.15) is 11.8 Å². The van der Waals surface area contributed by atoms with Crippen LogP contribution in [0.4, 0.5) is 0 Å². The zero-order chi connectivity index (χ0) is 13.4. The molecule has 0 aromatic heterocycles. The van der Waals surface area contributed by atoms with Gasteiger partial charge in [0, 0.05) is 17.8 Å². The Labute approximate surface area is 114 Å². The molecule has 2 N–H and O–H groups in total. The first-order chi connectivity index (χ1) is 8.67. The molecule has 3 unspecified atom stereocenters. The molecular weight excluding hydrogens is 250 g/mol. The van der Waals surface area contributed by atoms with Gasteiger partial charge in [-0.3, -0.25) is 4.79 Å². The smallest absolute Gasteiger partial charge is 0.308 e. The molecule has 0 bridgehead atoms. The van der Waals surface area contributed by atoms with Crippen molar-refractivity contribution in [3.05, 3.63) is 0 Å². The van der Waals surface area contributed by atoms with Gasteiger partial charge in [-0.1, -0.05) is 13.3 Å². The molecule has 0 spiro atoms. The van der Waals surface area contributed by atoms with Gasteiger partial charge in [-0.25, -0.2) is 0 Å². The Kier molecular flexibility index (Phi) is 7.70. The largest absolute Gasteiger partial charge is 0.466 e. The molecule has 1 fully saturated rings. The molecule has 1 saturated carbocycles. The highest BCUT2D eigenvalue weighted by atomic mass is 32.2. The number of esters is 1. The summed E-state index contributed by atoms with van der Waals surface area (Å²) >= 11 is 1.98. The van der Waals surface area contributed by atoms with Crippen LogP contribution in [0.25, 0.3) is 0 Å². The third-order valence-electron chi connectivity index (χ3n) is 3.16. The van der Waals surface area contributed by atoms with Crippen LogP contribution in [0.2, 0.25) is 0 Å². The molecular formula is C13H25NO3S. The summed E-state index contributed by atoms with van der Waals surface area (Å²) in [7, 11) is 0. The summed E-state index contributed by atoms with van der Waals surface area (Å²) in [5.74, 6) is 0.812. The number of rotatable bonds is 8. The van der Waals surface area contributed by atoms with Crippen molar-refractivity contribution >= 4 is 17.7 Å². The number of carbonyl (C=O) groups is 1. The first kappa shape index (κ1) is 15.8. The zero-order valence-electron chi connectivity index (χ0n) is 11.4. The normalized spacial score (nSPS) is 25.1. The van der Waals surface area contributed by atoms with Gasteiger partial charge < -0.3 is 15.2 Å². The first-order valence-corrected chi connectivity index (χ1v) is 7.90. The average Bonchev–Trinajstić information content (AvgIpc) is 2.75. The maximum atomic E-state index is 11.2. The fourth-order valence-electron chi connectivity index (χ4n) is 2.34. The number of hydrogen-bond donors (Lipinski definition) is 2. The third kappa shape index (κ3) is 5.59. The molecule has 0 amide bonds. The van der Waals surface area contributed by atoms with Crippen LogP contribution < -0.4 is 5.32 Å². The molecule has 1 aliphatic rings. The van der Waals surface area contributed by atoms with Gasteiger partial charge >= 0.3 is 5.97 Å². The second-order valence-electron chi connectivity index (χ2n) is 4.60. The molecule has 18 heavy (non-hydrogen) atoms. The lowest BCUT2D eigenvalue weighted by Gasteiger charge is -2.21. The fourth-order valence-corrected chi connectivity index (χ4v) is 3.57. The minimum atomic E-state index is -0.642. The first-order valence-electron chi connectivity index (χ1n) is 6.86.